The van der Waals surface area contributed by atoms with E-state index in [-0.39, 0.29) is 5.91 Å². The van der Waals surface area contributed by atoms with E-state index in [9.17, 15) is 4.79 Å². The Hall–Kier alpha value is -3.27. The number of rotatable bonds is 4. The molecule has 4 nitrogen and oxygen atoms in total. The van der Waals surface area contributed by atoms with E-state index in [2.05, 4.69) is 22.3 Å². The van der Waals surface area contributed by atoms with Gasteiger partial charge < -0.3 is 16.0 Å². The third-order valence-electron chi connectivity index (χ3n) is 4.97. The lowest BCUT2D eigenvalue weighted by Crippen LogP contribution is -2.21. The van der Waals surface area contributed by atoms with Crippen molar-refractivity contribution < 1.29 is 4.79 Å². The Morgan fingerprint density at radius 2 is 1.52 bits per heavy atom. The highest BCUT2D eigenvalue weighted by Gasteiger charge is 2.17. The number of benzene rings is 3. The zero-order chi connectivity index (χ0) is 18.6. The third kappa shape index (κ3) is 3.80. The van der Waals surface area contributed by atoms with E-state index < -0.39 is 0 Å². The minimum Gasteiger partial charge on any atom is -0.399 e. The number of carbonyl (C=O) groups is 1. The number of anilines is 3. The molecule has 1 saturated heterocycles. The molecule has 3 aromatic carbocycles. The highest BCUT2D eigenvalue weighted by Crippen LogP contribution is 2.31. The highest BCUT2D eigenvalue weighted by atomic mass is 16.1. The monoisotopic (exact) mass is 357 g/mol. The van der Waals surface area contributed by atoms with Gasteiger partial charge in [-0.1, -0.05) is 42.5 Å². The lowest BCUT2D eigenvalue weighted by atomic mass is 10.0. The molecule has 0 atom stereocenters. The maximum atomic E-state index is 12.8. The van der Waals surface area contributed by atoms with E-state index in [4.69, 9.17) is 5.73 Å². The van der Waals surface area contributed by atoms with Crippen LogP contribution in [0.1, 0.15) is 23.2 Å². The Labute approximate surface area is 159 Å². The van der Waals surface area contributed by atoms with Gasteiger partial charge in [0.15, 0.2) is 0 Å². The SMILES string of the molecule is Nc1ccc(N2CCCC2)c(NC(=O)c2ccc(-c3ccccc3)cc2)c1. The second-order valence-corrected chi connectivity index (χ2v) is 6.87. The zero-order valence-corrected chi connectivity index (χ0v) is 15.2. The van der Waals surface area contributed by atoms with Crippen molar-refractivity contribution in [2.24, 2.45) is 0 Å². The fourth-order valence-corrected chi connectivity index (χ4v) is 3.53. The number of carbonyl (C=O) groups excluding carboxylic acids is 1. The van der Waals surface area contributed by atoms with Gasteiger partial charge in [0.1, 0.15) is 0 Å². The Kier molecular flexibility index (Phi) is 4.79. The van der Waals surface area contributed by atoms with E-state index in [0.29, 0.717) is 11.3 Å². The molecule has 3 aromatic rings. The number of hydrogen-bond acceptors (Lipinski definition) is 3. The molecule has 0 aliphatic carbocycles. The van der Waals surface area contributed by atoms with Gasteiger partial charge in [0.25, 0.3) is 5.91 Å². The van der Waals surface area contributed by atoms with E-state index in [1.54, 1.807) is 0 Å². The molecule has 0 saturated carbocycles. The Bertz CT molecular complexity index is 930. The number of amides is 1. The van der Waals surface area contributed by atoms with Crippen molar-refractivity contribution >= 4 is 23.0 Å². The van der Waals surface area contributed by atoms with Gasteiger partial charge in [-0.25, -0.2) is 0 Å². The van der Waals surface area contributed by atoms with Gasteiger partial charge in [-0.3, -0.25) is 4.79 Å². The average molecular weight is 357 g/mol. The van der Waals surface area contributed by atoms with Crippen molar-refractivity contribution in [3.63, 3.8) is 0 Å². The zero-order valence-electron chi connectivity index (χ0n) is 15.2. The summed E-state index contributed by atoms with van der Waals surface area (Å²) in [7, 11) is 0. The Balaban J connectivity index is 1.55. The van der Waals surface area contributed by atoms with Gasteiger partial charge in [0.2, 0.25) is 0 Å². The maximum Gasteiger partial charge on any atom is 0.255 e. The van der Waals surface area contributed by atoms with Crippen LogP contribution in [0.5, 0.6) is 0 Å². The molecule has 1 heterocycles. The largest absolute Gasteiger partial charge is 0.399 e. The van der Waals surface area contributed by atoms with Crippen molar-refractivity contribution in [3.8, 4) is 11.1 Å². The van der Waals surface area contributed by atoms with Gasteiger partial charge in [0, 0.05) is 24.3 Å². The lowest BCUT2D eigenvalue weighted by Gasteiger charge is -2.22. The molecular formula is C23H23N3O. The summed E-state index contributed by atoms with van der Waals surface area (Å²) in [5.41, 5.74) is 11.3. The van der Waals surface area contributed by atoms with E-state index >= 15 is 0 Å². The second kappa shape index (κ2) is 7.54. The van der Waals surface area contributed by atoms with Gasteiger partial charge >= 0.3 is 0 Å². The van der Waals surface area contributed by atoms with Crippen molar-refractivity contribution in [1.82, 2.24) is 0 Å². The summed E-state index contributed by atoms with van der Waals surface area (Å²) >= 11 is 0. The van der Waals surface area contributed by atoms with Crippen molar-refractivity contribution in [2.75, 3.05) is 29.0 Å². The first-order chi connectivity index (χ1) is 13.2. The number of nitrogens with one attached hydrogen (secondary N) is 1. The average Bonchev–Trinajstić information content (AvgIpc) is 3.23. The topological polar surface area (TPSA) is 58.4 Å². The van der Waals surface area contributed by atoms with Crippen LogP contribution in [0, 0.1) is 0 Å². The first-order valence-electron chi connectivity index (χ1n) is 9.32. The molecule has 0 spiro atoms. The quantitative estimate of drug-likeness (QED) is 0.660. The van der Waals surface area contributed by atoms with Crippen molar-refractivity contribution in [3.05, 3.63) is 78.4 Å². The van der Waals surface area contributed by atoms with Gasteiger partial charge in [-0.2, -0.15) is 0 Å². The fourth-order valence-electron chi connectivity index (χ4n) is 3.53. The summed E-state index contributed by atoms with van der Waals surface area (Å²) in [6.45, 7) is 2.02. The van der Waals surface area contributed by atoms with Crippen LogP contribution >= 0.6 is 0 Å². The summed E-state index contributed by atoms with van der Waals surface area (Å²) < 4.78 is 0. The molecule has 0 aromatic heterocycles. The van der Waals surface area contributed by atoms with E-state index in [1.807, 2.05) is 60.7 Å². The highest BCUT2D eigenvalue weighted by molar-refractivity contribution is 6.06. The molecule has 4 rings (SSSR count). The molecule has 4 heteroatoms. The maximum absolute atomic E-state index is 12.8. The summed E-state index contributed by atoms with van der Waals surface area (Å²) in [6, 6.07) is 23.5. The smallest absolute Gasteiger partial charge is 0.255 e. The van der Waals surface area contributed by atoms with Gasteiger partial charge in [-0.05, 0) is 54.3 Å². The number of nitrogen functional groups attached to an aromatic ring is 1. The van der Waals surface area contributed by atoms with Crippen LogP contribution < -0.4 is 16.0 Å². The first-order valence-corrected chi connectivity index (χ1v) is 9.32. The Morgan fingerprint density at radius 1 is 0.852 bits per heavy atom. The summed E-state index contributed by atoms with van der Waals surface area (Å²) in [5, 5.41) is 3.04. The molecule has 0 bridgehead atoms. The minimum atomic E-state index is -0.124. The molecule has 1 amide bonds. The summed E-state index contributed by atoms with van der Waals surface area (Å²) in [5.74, 6) is -0.124. The number of hydrogen-bond donors (Lipinski definition) is 2. The summed E-state index contributed by atoms with van der Waals surface area (Å²) in [6.07, 6.45) is 2.36. The standard InChI is InChI=1S/C23H23N3O/c24-20-12-13-22(26-14-4-5-15-26)21(16-20)25-23(27)19-10-8-18(9-11-19)17-6-2-1-3-7-17/h1-3,6-13,16H,4-5,14-15,24H2,(H,25,27). The number of nitrogens with two attached hydrogens (primary N) is 1. The normalized spacial score (nSPS) is 13.6. The second-order valence-electron chi connectivity index (χ2n) is 6.87. The van der Waals surface area contributed by atoms with Gasteiger partial charge in [0.05, 0.1) is 11.4 Å². The van der Waals surface area contributed by atoms with Crippen molar-refractivity contribution in [2.45, 2.75) is 12.8 Å². The van der Waals surface area contributed by atoms with Crippen LogP contribution in [0.15, 0.2) is 72.8 Å². The molecule has 27 heavy (non-hydrogen) atoms. The van der Waals surface area contributed by atoms with E-state index in [1.165, 1.54) is 12.8 Å². The molecule has 0 radical (unpaired) electrons. The predicted octanol–water partition coefficient (Wildman–Crippen LogP) is 4.79. The molecule has 3 N–H and O–H groups in total. The molecule has 1 aliphatic rings. The lowest BCUT2D eigenvalue weighted by molar-refractivity contribution is 0.102. The Morgan fingerprint density at radius 3 is 2.22 bits per heavy atom. The van der Waals surface area contributed by atoms with Crippen LogP contribution in [0.2, 0.25) is 0 Å². The fraction of sp³-hybridized carbons (Fsp3) is 0.174. The van der Waals surface area contributed by atoms with Crippen molar-refractivity contribution in [1.29, 1.82) is 0 Å². The summed E-state index contributed by atoms with van der Waals surface area (Å²) in [4.78, 5) is 15.1. The van der Waals surface area contributed by atoms with Crippen LogP contribution in [0.4, 0.5) is 17.1 Å². The van der Waals surface area contributed by atoms with Gasteiger partial charge in [-0.15, -0.1) is 0 Å². The predicted molar refractivity (Wildman–Crippen MR) is 112 cm³/mol. The van der Waals surface area contributed by atoms with Crippen LogP contribution in [0.3, 0.4) is 0 Å². The molecule has 0 unspecified atom stereocenters. The van der Waals surface area contributed by atoms with E-state index in [0.717, 1.165) is 35.6 Å². The van der Waals surface area contributed by atoms with Crippen LogP contribution in [-0.4, -0.2) is 19.0 Å². The molecule has 1 aliphatic heterocycles. The third-order valence-corrected chi connectivity index (χ3v) is 4.97. The molecule has 136 valence electrons. The minimum absolute atomic E-state index is 0.124. The molecule has 1 fully saturated rings. The number of nitrogens with zero attached hydrogens (tertiary/aromatic N) is 1. The van der Waals surface area contributed by atoms with Crippen LogP contribution in [0.25, 0.3) is 11.1 Å². The molecular weight excluding hydrogens is 334 g/mol. The van der Waals surface area contributed by atoms with Crippen LogP contribution in [-0.2, 0) is 0 Å². The first kappa shape index (κ1) is 17.2.